The predicted octanol–water partition coefficient (Wildman–Crippen LogP) is 6.19. The van der Waals surface area contributed by atoms with Gasteiger partial charge in [-0.2, -0.15) is 0 Å². The molecule has 2 N–H and O–H groups in total. The van der Waals surface area contributed by atoms with Crippen LogP contribution in [0.3, 0.4) is 0 Å². The number of anilines is 1. The van der Waals surface area contributed by atoms with Crippen molar-refractivity contribution in [3.05, 3.63) is 96.1 Å². The fourth-order valence-corrected chi connectivity index (χ4v) is 3.05. The maximum absolute atomic E-state index is 6.43. The first-order valence-electron chi connectivity index (χ1n) is 8.68. The van der Waals surface area contributed by atoms with E-state index in [1.54, 1.807) is 0 Å². The van der Waals surface area contributed by atoms with E-state index in [9.17, 15) is 0 Å². The molecule has 0 radical (unpaired) electrons. The van der Waals surface area contributed by atoms with Crippen molar-refractivity contribution in [2.24, 2.45) is 0 Å². The largest absolute Gasteiger partial charge is 0.488 e. The molecule has 3 rings (SSSR count). The lowest BCUT2D eigenvalue weighted by molar-refractivity contribution is 0.306. The highest BCUT2D eigenvalue weighted by molar-refractivity contribution is 5.90. The topological polar surface area (TPSA) is 35.2 Å². The molecule has 0 aliphatic carbocycles. The van der Waals surface area contributed by atoms with Gasteiger partial charge in [-0.05, 0) is 23.6 Å². The summed E-state index contributed by atoms with van der Waals surface area (Å²) in [6, 6.07) is 22.2. The smallest absolute Gasteiger partial charge is 0.129 e. The Morgan fingerprint density at radius 2 is 1.62 bits per heavy atom. The molecular weight excluding hydrogens is 318 g/mol. The minimum absolute atomic E-state index is 0.487. The summed E-state index contributed by atoms with van der Waals surface area (Å²) >= 11 is 0. The highest BCUT2D eigenvalue weighted by Gasteiger charge is 2.16. The Balaban J connectivity index is 2.08. The number of rotatable bonds is 6. The molecule has 0 spiro atoms. The molecule has 3 aromatic rings. The van der Waals surface area contributed by atoms with Gasteiger partial charge in [0.2, 0.25) is 0 Å². The monoisotopic (exact) mass is 341 g/mol. The molecular formula is C24H23NO. The second-order valence-corrected chi connectivity index (χ2v) is 6.01. The summed E-state index contributed by atoms with van der Waals surface area (Å²) in [4.78, 5) is 0. The molecule has 130 valence electrons. The summed E-state index contributed by atoms with van der Waals surface area (Å²) in [6.07, 6.45) is 5.90. The number of benzene rings is 3. The van der Waals surface area contributed by atoms with E-state index in [2.05, 4.69) is 24.8 Å². The van der Waals surface area contributed by atoms with Gasteiger partial charge in [-0.3, -0.25) is 0 Å². The zero-order valence-electron chi connectivity index (χ0n) is 15.0. The number of nitrogens with two attached hydrogens (primary N) is 1. The zero-order chi connectivity index (χ0) is 18.4. The van der Waals surface area contributed by atoms with Gasteiger partial charge < -0.3 is 10.5 Å². The summed E-state index contributed by atoms with van der Waals surface area (Å²) < 4.78 is 6.09. The summed E-state index contributed by atoms with van der Waals surface area (Å²) in [5.41, 5.74) is 12.3. The maximum Gasteiger partial charge on any atom is 0.129 e. The van der Waals surface area contributed by atoms with Gasteiger partial charge in [0, 0.05) is 22.9 Å². The van der Waals surface area contributed by atoms with Crippen LogP contribution in [0, 0.1) is 0 Å². The van der Waals surface area contributed by atoms with Crippen LogP contribution in [0.1, 0.15) is 23.6 Å². The number of allylic oxidation sites excluding steroid dienone is 1. The van der Waals surface area contributed by atoms with Gasteiger partial charge in [0.15, 0.2) is 0 Å². The average molecular weight is 341 g/mol. The molecule has 0 saturated carbocycles. The molecule has 0 fully saturated rings. The van der Waals surface area contributed by atoms with Crippen LogP contribution in [0.15, 0.2) is 79.4 Å². The molecule has 0 aliphatic heterocycles. The summed E-state index contributed by atoms with van der Waals surface area (Å²) in [5, 5.41) is 0. The number of hydrogen-bond donors (Lipinski definition) is 1. The molecule has 2 heteroatoms. The van der Waals surface area contributed by atoms with Crippen molar-refractivity contribution in [3.63, 3.8) is 0 Å². The first kappa shape index (κ1) is 17.6. The standard InChI is InChI=1S/C24H23NO/c1-3-11-21-20(4-2)23(26-17-18-12-7-5-8-13-18)16-22(25)24(21)19-14-9-6-10-15-19/h3-16H,2,17,25H2,1H3/b11-3-. The van der Waals surface area contributed by atoms with E-state index in [0.29, 0.717) is 12.3 Å². The number of hydrogen-bond acceptors (Lipinski definition) is 2. The Morgan fingerprint density at radius 1 is 0.962 bits per heavy atom. The van der Waals surface area contributed by atoms with Crippen molar-refractivity contribution in [1.29, 1.82) is 0 Å². The molecule has 26 heavy (non-hydrogen) atoms. The van der Waals surface area contributed by atoms with Gasteiger partial charge in [-0.25, -0.2) is 0 Å². The van der Waals surface area contributed by atoms with Crippen LogP contribution in [0.4, 0.5) is 5.69 Å². The number of nitrogen functional groups attached to an aromatic ring is 1. The Bertz CT molecular complexity index is 912. The summed E-state index contributed by atoms with van der Waals surface area (Å²) in [5.74, 6) is 0.745. The predicted molar refractivity (Wildman–Crippen MR) is 112 cm³/mol. The maximum atomic E-state index is 6.43. The molecule has 0 atom stereocenters. The van der Waals surface area contributed by atoms with Crippen LogP contribution in [0.5, 0.6) is 5.75 Å². The van der Waals surface area contributed by atoms with Crippen molar-refractivity contribution in [2.75, 3.05) is 5.73 Å². The van der Waals surface area contributed by atoms with Gasteiger partial charge in [0.25, 0.3) is 0 Å². The molecule has 0 saturated heterocycles. The molecule has 2 nitrogen and oxygen atoms in total. The van der Waals surface area contributed by atoms with Crippen molar-refractivity contribution < 1.29 is 4.74 Å². The Labute approximate surface area is 155 Å². The third-order valence-electron chi connectivity index (χ3n) is 4.24. The van der Waals surface area contributed by atoms with Gasteiger partial charge in [-0.15, -0.1) is 0 Å². The second kappa shape index (κ2) is 8.21. The zero-order valence-corrected chi connectivity index (χ0v) is 15.0. The average Bonchev–Trinajstić information content (AvgIpc) is 2.68. The van der Waals surface area contributed by atoms with Crippen LogP contribution >= 0.6 is 0 Å². The molecule has 0 unspecified atom stereocenters. The molecule has 0 amide bonds. The fraction of sp³-hybridized carbons (Fsp3) is 0.0833. The minimum Gasteiger partial charge on any atom is -0.488 e. The third kappa shape index (κ3) is 3.70. The first-order valence-corrected chi connectivity index (χ1v) is 8.68. The van der Waals surface area contributed by atoms with Gasteiger partial charge in [0.05, 0.1) is 0 Å². The Kier molecular flexibility index (Phi) is 5.55. The lowest BCUT2D eigenvalue weighted by atomic mass is 9.92. The van der Waals surface area contributed by atoms with E-state index in [-0.39, 0.29) is 0 Å². The van der Waals surface area contributed by atoms with E-state index in [1.165, 1.54) is 0 Å². The second-order valence-electron chi connectivity index (χ2n) is 6.01. The quantitative estimate of drug-likeness (QED) is 0.542. The van der Waals surface area contributed by atoms with Crippen LogP contribution in [0.25, 0.3) is 23.3 Å². The van der Waals surface area contributed by atoms with Crippen LogP contribution < -0.4 is 10.5 Å². The SMILES string of the molecule is C=Cc1c(OCc2ccccc2)cc(N)c(-c2ccccc2)c1/C=C\C. The molecule has 0 bridgehead atoms. The lowest BCUT2D eigenvalue weighted by Gasteiger charge is -2.18. The summed E-state index contributed by atoms with van der Waals surface area (Å²) in [6.45, 7) is 6.48. The Hall–Kier alpha value is -3.26. The highest BCUT2D eigenvalue weighted by atomic mass is 16.5. The summed E-state index contributed by atoms with van der Waals surface area (Å²) in [7, 11) is 0. The van der Waals surface area contributed by atoms with Crippen molar-refractivity contribution in [1.82, 2.24) is 0 Å². The van der Waals surface area contributed by atoms with Crippen molar-refractivity contribution in [2.45, 2.75) is 13.5 Å². The van der Waals surface area contributed by atoms with Crippen LogP contribution in [-0.2, 0) is 6.61 Å². The highest BCUT2D eigenvalue weighted by Crippen LogP contribution is 2.39. The van der Waals surface area contributed by atoms with Gasteiger partial charge in [-0.1, -0.05) is 85.5 Å². The van der Waals surface area contributed by atoms with E-state index in [0.717, 1.165) is 33.6 Å². The van der Waals surface area contributed by atoms with Crippen molar-refractivity contribution >= 4 is 17.8 Å². The molecule has 0 aromatic heterocycles. The van der Waals surface area contributed by atoms with Crippen LogP contribution in [0.2, 0.25) is 0 Å². The van der Waals surface area contributed by atoms with Gasteiger partial charge in [0.1, 0.15) is 12.4 Å². The number of ether oxygens (including phenoxy) is 1. The molecule has 3 aromatic carbocycles. The Morgan fingerprint density at radius 3 is 2.23 bits per heavy atom. The molecule has 0 aliphatic rings. The third-order valence-corrected chi connectivity index (χ3v) is 4.24. The first-order chi connectivity index (χ1) is 12.7. The molecule has 0 heterocycles. The minimum atomic E-state index is 0.487. The van der Waals surface area contributed by atoms with E-state index < -0.39 is 0 Å². The van der Waals surface area contributed by atoms with Crippen LogP contribution in [-0.4, -0.2) is 0 Å². The van der Waals surface area contributed by atoms with E-state index in [4.69, 9.17) is 10.5 Å². The van der Waals surface area contributed by atoms with E-state index in [1.807, 2.05) is 73.7 Å². The lowest BCUT2D eigenvalue weighted by Crippen LogP contribution is -2.02. The van der Waals surface area contributed by atoms with Gasteiger partial charge >= 0.3 is 0 Å². The fourth-order valence-electron chi connectivity index (χ4n) is 3.05. The van der Waals surface area contributed by atoms with Crippen molar-refractivity contribution in [3.8, 4) is 16.9 Å². The van der Waals surface area contributed by atoms with E-state index >= 15 is 0 Å². The normalized spacial score (nSPS) is 10.8.